The lowest BCUT2D eigenvalue weighted by Crippen LogP contribution is -2.29. The van der Waals surface area contributed by atoms with Crippen LogP contribution in [0.2, 0.25) is 0 Å². The maximum atomic E-state index is 14.6. The number of aryl methyl sites for hydroxylation is 1. The lowest BCUT2D eigenvalue weighted by atomic mass is 10.0. The van der Waals surface area contributed by atoms with Crippen LogP contribution >= 0.6 is 0 Å². The van der Waals surface area contributed by atoms with Crippen molar-refractivity contribution in [2.45, 2.75) is 38.7 Å². The van der Waals surface area contributed by atoms with Gasteiger partial charge >= 0.3 is 5.97 Å². The third-order valence-corrected chi connectivity index (χ3v) is 6.84. The summed E-state index contributed by atoms with van der Waals surface area (Å²) in [5.41, 5.74) is 2.19. The number of nitrogens with one attached hydrogen (secondary N) is 1. The predicted octanol–water partition coefficient (Wildman–Crippen LogP) is 4.92. The number of aromatic carboxylic acids is 1. The van der Waals surface area contributed by atoms with E-state index < -0.39 is 23.9 Å². The van der Waals surface area contributed by atoms with Crippen LogP contribution in [0.5, 0.6) is 0 Å². The molecule has 9 heteroatoms. The lowest BCUT2D eigenvalue weighted by molar-refractivity contribution is -0.0334. The molecular weight excluding hydrogens is 440 g/mol. The number of fused-ring (bicyclic) bond motifs is 1. The number of hydrogen-bond acceptors (Lipinski definition) is 6. The molecule has 7 nitrogen and oxygen atoms in total. The SMILES string of the molecule is Cc1cc([C@@H](C)Nc2ccccc2C(=O)O)c2nc(N3CC(F)(F)C4(CC4)C3)c(C#N)nc2c1. The molecule has 3 aromatic rings. The Morgan fingerprint density at radius 2 is 1.97 bits per heavy atom. The smallest absolute Gasteiger partial charge is 0.337 e. The van der Waals surface area contributed by atoms with Gasteiger partial charge in [-0.2, -0.15) is 5.26 Å². The Bertz CT molecular complexity index is 1360. The Morgan fingerprint density at radius 3 is 2.62 bits per heavy atom. The molecule has 0 unspecified atom stereocenters. The zero-order chi connectivity index (χ0) is 24.3. The minimum atomic E-state index is -2.83. The Kier molecular flexibility index (Phi) is 4.93. The van der Waals surface area contributed by atoms with Crippen molar-refractivity contribution in [2.24, 2.45) is 5.41 Å². The first-order valence-electron chi connectivity index (χ1n) is 11.1. The van der Waals surface area contributed by atoms with E-state index in [4.69, 9.17) is 4.98 Å². The van der Waals surface area contributed by atoms with Crippen LogP contribution in [-0.2, 0) is 0 Å². The zero-order valence-electron chi connectivity index (χ0n) is 18.8. The number of benzene rings is 2. The highest BCUT2D eigenvalue weighted by Crippen LogP contribution is 2.61. The predicted molar refractivity (Wildman–Crippen MR) is 123 cm³/mol. The number of nitrogens with zero attached hydrogens (tertiary/aromatic N) is 4. The van der Waals surface area contributed by atoms with Gasteiger partial charge in [-0.05, 0) is 50.5 Å². The van der Waals surface area contributed by atoms with E-state index in [1.54, 1.807) is 24.3 Å². The van der Waals surface area contributed by atoms with E-state index in [0.29, 0.717) is 29.6 Å². The van der Waals surface area contributed by atoms with E-state index in [0.717, 1.165) is 11.1 Å². The largest absolute Gasteiger partial charge is 0.478 e. The molecular formula is C25H23F2N5O2. The molecule has 2 N–H and O–H groups in total. The van der Waals surface area contributed by atoms with Gasteiger partial charge in [-0.1, -0.05) is 18.2 Å². The fraction of sp³-hybridized carbons (Fsp3) is 0.360. The zero-order valence-corrected chi connectivity index (χ0v) is 18.8. The van der Waals surface area contributed by atoms with E-state index in [9.17, 15) is 23.9 Å². The second-order valence-electron chi connectivity index (χ2n) is 9.29. The molecule has 1 aromatic heterocycles. The summed E-state index contributed by atoms with van der Waals surface area (Å²) in [5.74, 6) is -3.71. The lowest BCUT2D eigenvalue weighted by Gasteiger charge is -2.22. The number of halogens is 2. The Balaban J connectivity index is 1.59. The van der Waals surface area contributed by atoms with Gasteiger partial charge in [0.1, 0.15) is 6.07 Å². The Labute approximate surface area is 195 Å². The summed E-state index contributed by atoms with van der Waals surface area (Å²) in [5, 5.41) is 22.4. The number of carboxylic acids is 1. The maximum absolute atomic E-state index is 14.6. The van der Waals surface area contributed by atoms with Crippen LogP contribution in [0.4, 0.5) is 20.3 Å². The van der Waals surface area contributed by atoms with Gasteiger partial charge in [0, 0.05) is 17.8 Å². The van der Waals surface area contributed by atoms with Gasteiger partial charge in [0.25, 0.3) is 5.92 Å². The molecule has 2 heterocycles. The summed E-state index contributed by atoms with van der Waals surface area (Å²) < 4.78 is 29.3. The van der Waals surface area contributed by atoms with Crippen molar-refractivity contribution < 1.29 is 18.7 Å². The highest BCUT2D eigenvalue weighted by molar-refractivity contribution is 5.94. The summed E-state index contributed by atoms with van der Waals surface area (Å²) in [6, 6.07) is 12.0. The normalized spacial score (nSPS) is 18.6. The molecule has 2 aliphatic rings. The average Bonchev–Trinajstić information content (AvgIpc) is 3.53. The van der Waals surface area contributed by atoms with Gasteiger partial charge in [0.05, 0.1) is 34.6 Å². The quantitative estimate of drug-likeness (QED) is 0.554. The first-order chi connectivity index (χ1) is 16.1. The van der Waals surface area contributed by atoms with Crippen molar-refractivity contribution in [2.75, 3.05) is 23.3 Å². The van der Waals surface area contributed by atoms with E-state index in [1.165, 1.54) is 11.0 Å². The van der Waals surface area contributed by atoms with Crippen LogP contribution in [-0.4, -0.2) is 40.1 Å². The number of nitriles is 1. The molecule has 2 fully saturated rings. The number of para-hydroxylation sites is 1. The van der Waals surface area contributed by atoms with Crippen LogP contribution in [0.15, 0.2) is 36.4 Å². The fourth-order valence-corrected chi connectivity index (χ4v) is 4.82. The van der Waals surface area contributed by atoms with Gasteiger partial charge in [0.2, 0.25) is 0 Å². The highest BCUT2D eigenvalue weighted by atomic mass is 19.3. The summed E-state index contributed by atoms with van der Waals surface area (Å²) in [7, 11) is 0. The molecule has 174 valence electrons. The molecule has 1 aliphatic carbocycles. The van der Waals surface area contributed by atoms with Crippen molar-refractivity contribution in [1.29, 1.82) is 5.26 Å². The first-order valence-corrected chi connectivity index (χ1v) is 11.1. The fourth-order valence-electron chi connectivity index (χ4n) is 4.82. The molecule has 0 bridgehead atoms. The van der Waals surface area contributed by atoms with Crippen LogP contribution in [0.3, 0.4) is 0 Å². The number of aromatic nitrogens is 2. The van der Waals surface area contributed by atoms with E-state index >= 15 is 0 Å². The molecule has 5 rings (SSSR count). The summed E-state index contributed by atoms with van der Waals surface area (Å²) >= 11 is 0. The van der Waals surface area contributed by atoms with Gasteiger partial charge in [-0.25, -0.2) is 23.5 Å². The molecule has 1 saturated carbocycles. The molecule has 1 saturated heterocycles. The maximum Gasteiger partial charge on any atom is 0.337 e. The summed E-state index contributed by atoms with van der Waals surface area (Å²) in [6.07, 6.45) is 0.932. The van der Waals surface area contributed by atoms with Gasteiger partial charge in [-0.3, -0.25) is 0 Å². The second-order valence-corrected chi connectivity index (χ2v) is 9.29. The molecule has 0 amide bonds. The first kappa shape index (κ1) is 22.0. The topological polar surface area (TPSA) is 102 Å². The van der Waals surface area contributed by atoms with Crippen molar-refractivity contribution in [3.8, 4) is 6.07 Å². The number of anilines is 2. The minimum Gasteiger partial charge on any atom is -0.478 e. The number of rotatable bonds is 5. The summed E-state index contributed by atoms with van der Waals surface area (Å²) in [4.78, 5) is 22.3. The van der Waals surface area contributed by atoms with Crippen LogP contribution in [0, 0.1) is 23.7 Å². The van der Waals surface area contributed by atoms with Gasteiger partial charge in [-0.15, -0.1) is 0 Å². The number of carbonyl (C=O) groups is 1. The number of hydrogen-bond donors (Lipinski definition) is 2. The molecule has 1 spiro atoms. The Hall–Kier alpha value is -3.80. The molecule has 34 heavy (non-hydrogen) atoms. The average molecular weight is 463 g/mol. The Morgan fingerprint density at radius 1 is 1.24 bits per heavy atom. The van der Waals surface area contributed by atoms with Gasteiger partial charge < -0.3 is 15.3 Å². The molecule has 2 aromatic carbocycles. The van der Waals surface area contributed by atoms with Crippen molar-refractivity contribution in [1.82, 2.24) is 9.97 Å². The minimum absolute atomic E-state index is 0.0226. The highest BCUT2D eigenvalue weighted by Gasteiger charge is 2.67. The van der Waals surface area contributed by atoms with Crippen molar-refractivity contribution >= 4 is 28.5 Å². The van der Waals surface area contributed by atoms with E-state index in [-0.39, 0.29) is 29.7 Å². The summed E-state index contributed by atoms with van der Waals surface area (Å²) in [6.45, 7) is 3.43. The third kappa shape index (κ3) is 3.50. The van der Waals surface area contributed by atoms with Crippen LogP contribution in [0.25, 0.3) is 11.0 Å². The van der Waals surface area contributed by atoms with Crippen LogP contribution < -0.4 is 10.2 Å². The second kappa shape index (κ2) is 7.62. The van der Waals surface area contributed by atoms with Gasteiger partial charge in [0.15, 0.2) is 11.5 Å². The van der Waals surface area contributed by atoms with Crippen molar-refractivity contribution in [3.05, 3.63) is 58.8 Å². The molecule has 1 atom stereocenters. The monoisotopic (exact) mass is 463 g/mol. The third-order valence-electron chi connectivity index (χ3n) is 6.84. The van der Waals surface area contributed by atoms with E-state index in [2.05, 4.69) is 10.3 Å². The van der Waals surface area contributed by atoms with E-state index in [1.807, 2.05) is 26.0 Å². The molecule has 0 radical (unpaired) electrons. The number of alkyl halides is 2. The van der Waals surface area contributed by atoms with Crippen LogP contribution in [0.1, 0.15) is 53.0 Å². The standard InChI is InChI=1S/C25H23F2N5O2/c1-14-9-17(15(2)29-18-6-4-3-5-16(18)23(33)34)21-19(10-14)30-20(11-28)22(31-21)32-12-24(7-8-24)25(26,27)13-32/h3-6,9-10,15,29H,7-8,12-13H2,1-2H3,(H,33,34)/t15-/m1/s1. The van der Waals surface area contributed by atoms with Crippen molar-refractivity contribution in [3.63, 3.8) is 0 Å². The molecule has 1 aliphatic heterocycles. The number of carboxylic acid groups (broad SMARTS) is 1.